The first-order valence-electron chi connectivity index (χ1n) is 9.25. The number of aliphatic imine (C=N–C) groups is 1. The van der Waals surface area contributed by atoms with E-state index in [0.29, 0.717) is 16.5 Å². The van der Waals surface area contributed by atoms with E-state index in [-0.39, 0.29) is 18.0 Å². The van der Waals surface area contributed by atoms with E-state index in [4.69, 9.17) is 32.9 Å². The molecule has 148 valence electrons. The van der Waals surface area contributed by atoms with Gasteiger partial charge in [-0.15, -0.1) is 0 Å². The molecule has 4 nitrogen and oxygen atoms in total. The van der Waals surface area contributed by atoms with Crippen molar-refractivity contribution in [2.45, 2.75) is 18.6 Å². The zero-order chi connectivity index (χ0) is 20.4. The minimum absolute atomic E-state index is 0.176. The molecule has 1 heterocycles. The third kappa shape index (κ3) is 4.25. The molecule has 0 aromatic heterocycles. The van der Waals surface area contributed by atoms with E-state index in [1.54, 1.807) is 25.3 Å². The fourth-order valence-electron chi connectivity index (χ4n) is 3.52. The van der Waals surface area contributed by atoms with Gasteiger partial charge in [-0.2, -0.15) is 0 Å². The first-order chi connectivity index (χ1) is 14.0. The third-order valence-corrected chi connectivity index (χ3v) is 5.61. The van der Waals surface area contributed by atoms with E-state index in [0.717, 1.165) is 28.2 Å². The predicted octanol–water partition coefficient (Wildman–Crippen LogP) is 5.93. The number of phenols is 1. The molecule has 2 N–H and O–H groups in total. The van der Waals surface area contributed by atoms with Crippen LogP contribution < -0.4 is 10.1 Å². The van der Waals surface area contributed by atoms with E-state index >= 15 is 0 Å². The summed E-state index contributed by atoms with van der Waals surface area (Å²) in [7, 11) is 1.64. The van der Waals surface area contributed by atoms with Gasteiger partial charge < -0.3 is 9.84 Å². The van der Waals surface area contributed by atoms with E-state index in [1.807, 2.05) is 48.5 Å². The van der Waals surface area contributed by atoms with Gasteiger partial charge in [0.05, 0.1) is 7.11 Å². The lowest BCUT2D eigenvalue weighted by Crippen LogP contribution is -2.33. The highest BCUT2D eigenvalue weighted by atomic mass is 35.5. The van der Waals surface area contributed by atoms with Crippen molar-refractivity contribution >= 4 is 28.9 Å². The zero-order valence-electron chi connectivity index (χ0n) is 15.8. The highest BCUT2D eigenvalue weighted by Gasteiger charge is 2.28. The molecule has 0 saturated heterocycles. The summed E-state index contributed by atoms with van der Waals surface area (Å²) >= 11 is 12.6. The molecule has 0 bridgehead atoms. The Labute approximate surface area is 179 Å². The number of hydrogen-bond donors (Lipinski definition) is 2. The average molecular weight is 427 g/mol. The van der Waals surface area contributed by atoms with Crippen LogP contribution in [0.25, 0.3) is 0 Å². The van der Waals surface area contributed by atoms with Crippen LogP contribution in [0.5, 0.6) is 11.5 Å². The van der Waals surface area contributed by atoms with E-state index in [2.05, 4.69) is 5.32 Å². The monoisotopic (exact) mass is 426 g/mol. The van der Waals surface area contributed by atoms with Crippen molar-refractivity contribution in [3.63, 3.8) is 0 Å². The molecule has 0 fully saturated rings. The van der Waals surface area contributed by atoms with Gasteiger partial charge in [0.15, 0.2) is 0 Å². The summed E-state index contributed by atoms with van der Waals surface area (Å²) in [6.07, 6.45) is 0.249. The van der Waals surface area contributed by atoms with Crippen LogP contribution in [0.3, 0.4) is 0 Å². The molecule has 29 heavy (non-hydrogen) atoms. The van der Waals surface area contributed by atoms with Crippen LogP contribution in [0, 0.1) is 0 Å². The number of rotatable bonds is 4. The van der Waals surface area contributed by atoms with Gasteiger partial charge in [0.1, 0.15) is 17.7 Å². The number of methoxy groups -OCH3 is 1. The van der Waals surface area contributed by atoms with Crippen molar-refractivity contribution in [3.05, 3.63) is 93.5 Å². The summed E-state index contributed by atoms with van der Waals surface area (Å²) in [4.78, 5) is 4.93. The molecule has 1 aliphatic rings. The number of nitrogens with zero attached hydrogens (tertiary/aromatic N) is 1. The zero-order valence-corrected chi connectivity index (χ0v) is 17.3. The minimum Gasteiger partial charge on any atom is -0.508 e. The number of phenolic OH excluding ortho intramolecular Hbond substituents is 1. The quantitative estimate of drug-likeness (QED) is 0.543. The Morgan fingerprint density at radius 1 is 1.00 bits per heavy atom. The van der Waals surface area contributed by atoms with Gasteiger partial charge >= 0.3 is 0 Å². The Bertz CT molecular complexity index is 1050. The lowest BCUT2D eigenvalue weighted by Gasteiger charge is -2.31. The molecule has 4 rings (SSSR count). The molecule has 3 aromatic rings. The number of ether oxygens (including phenoxy) is 1. The Balaban J connectivity index is 1.77. The van der Waals surface area contributed by atoms with Gasteiger partial charge in [-0.3, -0.25) is 10.3 Å². The standard InChI is InChI=1S/C23H20Cl2N2O2/c1-29-16-9-6-14(7-10-16)20-13-21(18-12-15(24)8-11-22(18)28)27-23(26-20)17-4-2-3-5-19(17)25/h2-12,21,23,27-28H,13H2,1H3/t21-,23+/m1/s1. The van der Waals surface area contributed by atoms with Gasteiger partial charge in [-0.1, -0.05) is 41.4 Å². The SMILES string of the molecule is COc1ccc(C2=N[C@H](c3ccccc3Cl)N[C@@H](c3cc(Cl)ccc3O)C2)cc1. The minimum atomic E-state index is -0.349. The summed E-state index contributed by atoms with van der Waals surface area (Å²) in [5.41, 5.74) is 3.53. The third-order valence-electron chi connectivity index (χ3n) is 5.03. The van der Waals surface area contributed by atoms with Crippen LogP contribution >= 0.6 is 23.2 Å². The van der Waals surface area contributed by atoms with Gasteiger partial charge in [0.25, 0.3) is 0 Å². The molecular formula is C23H20Cl2N2O2. The van der Waals surface area contributed by atoms with Crippen LogP contribution in [-0.2, 0) is 0 Å². The van der Waals surface area contributed by atoms with Gasteiger partial charge in [-0.25, -0.2) is 0 Å². The lowest BCUT2D eigenvalue weighted by atomic mass is 9.93. The van der Waals surface area contributed by atoms with E-state index in [1.165, 1.54) is 0 Å². The molecule has 0 spiro atoms. The number of nitrogens with one attached hydrogen (secondary N) is 1. The smallest absolute Gasteiger partial charge is 0.127 e. The Kier molecular flexibility index (Phi) is 5.76. The molecule has 6 heteroatoms. The molecule has 0 unspecified atom stereocenters. The second-order valence-corrected chi connectivity index (χ2v) is 7.70. The number of aromatic hydroxyl groups is 1. The van der Waals surface area contributed by atoms with E-state index < -0.39 is 0 Å². The normalized spacial score (nSPS) is 18.9. The van der Waals surface area contributed by atoms with Gasteiger partial charge in [0, 0.05) is 39.3 Å². The van der Waals surface area contributed by atoms with Crippen LogP contribution in [0.1, 0.15) is 35.3 Å². The molecule has 0 saturated carbocycles. The second-order valence-electron chi connectivity index (χ2n) is 6.85. The number of benzene rings is 3. The highest BCUT2D eigenvalue weighted by molar-refractivity contribution is 6.31. The second kappa shape index (κ2) is 8.46. The van der Waals surface area contributed by atoms with Crippen molar-refractivity contribution < 1.29 is 9.84 Å². The van der Waals surface area contributed by atoms with Gasteiger partial charge in [-0.05, 0) is 54.1 Å². The number of halogens is 2. The Morgan fingerprint density at radius 3 is 2.48 bits per heavy atom. The topological polar surface area (TPSA) is 53.8 Å². The predicted molar refractivity (Wildman–Crippen MR) is 117 cm³/mol. The fourth-order valence-corrected chi connectivity index (χ4v) is 3.94. The molecular weight excluding hydrogens is 407 g/mol. The Hall–Kier alpha value is -2.53. The van der Waals surface area contributed by atoms with Crippen molar-refractivity contribution in [2.75, 3.05) is 7.11 Å². The lowest BCUT2D eigenvalue weighted by molar-refractivity contribution is 0.412. The van der Waals surface area contributed by atoms with Crippen molar-refractivity contribution in [1.82, 2.24) is 5.32 Å². The average Bonchev–Trinajstić information content (AvgIpc) is 2.75. The summed E-state index contributed by atoms with van der Waals surface area (Å²) in [6.45, 7) is 0. The molecule has 3 aromatic carbocycles. The summed E-state index contributed by atoms with van der Waals surface area (Å²) in [6, 6.07) is 20.3. The summed E-state index contributed by atoms with van der Waals surface area (Å²) < 4.78 is 5.26. The number of hydrogen-bond acceptors (Lipinski definition) is 4. The van der Waals surface area contributed by atoms with Crippen LogP contribution in [0.2, 0.25) is 10.0 Å². The van der Waals surface area contributed by atoms with Crippen molar-refractivity contribution in [3.8, 4) is 11.5 Å². The molecule has 0 radical (unpaired) electrons. The molecule has 2 atom stereocenters. The van der Waals surface area contributed by atoms with Crippen molar-refractivity contribution in [2.24, 2.45) is 4.99 Å². The summed E-state index contributed by atoms with van der Waals surface area (Å²) in [5.74, 6) is 0.982. The first-order valence-corrected chi connectivity index (χ1v) is 10.0. The van der Waals surface area contributed by atoms with Crippen LogP contribution in [-0.4, -0.2) is 17.9 Å². The molecule has 0 aliphatic carbocycles. The Morgan fingerprint density at radius 2 is 1.76 bits per heavy atom. The summed E-state index contributed by atoms with van der Waals surface area (Å²) in [5, 5.41) is 15.2. The maximum absolute atomic E-state index is 10.4. The van der Waals surface area contributed by atoms with Gasteiger partial charge in [0.2, 0.25) is 0 Å². The largest absolute Gasteiger partial charge is 0.508 e. The molecule has 1 aliphatic heterocycles. The van der Waals surface area contributed by atoms with Crippen LogP contribution in [0.15, 0.2) is 71.7 Å². The van der Waals surface area contributed by atoms with Crippen molar-refractivity contribution in [1.29, 1.82) is 0 Å². The van der Waals surface area contributed by atoms with E-state index in [9.17, 15) is 5.11 Å². The maximum atomic E-state index is 10.4. The van der Waals surface area contributed by atoms with Crippen LogP contribution in [0.4, 0.5) is 0 Å². The first kappa shape index (κ1) is 19.8. The highest BCUT2D eigenvalue weighted by Crippen LogP contribution is 2.37. The molecule has 0 amide bonds. The fraction of sp³-hybridized carbons (Fsp3) is 0.174. The maximum Gasteiger partial charge on any atom is 0.127 e.